The van der Waals surface area contributed by atoms with E-state index in [1.165, 1.54) is 0 Å². The fourth-order valence-corrected chi connectivity index (χ4v) is 5.68. The number of carbonyl (C=O) groups is 1. The second-order valence-electron chi connectivity index (χ2n) is 10.6. The van der Waals surface area contributed by atoms with Gasteiger partial charge in [-0.05, 0) is 18.1 Å². The van der Waals surface area contributed by atoms with E-state index in [-0.39, 0.29) is 6.16 Å². The van der Waals surface area contributed by atoms with Crippen molar-refractivity contribution in [3.63, 3.8) is 0 Å². The maximum Gasteiger partial charge on any atom is 0.341 e. The topological polar surface area (TPSA) is 61.8 Å². The van der Waals surface area contributed by atoms with Crippen molar-refractivity contribution in [2.45, 2.75) is 77.1 Å². The molecule has 0 aliphatic heterocycles. The zero-order valence-corrected chi connectivity index (χ0v) is 22.3. The quantitative estimate of drug-likeness (QED) is 0.207. The first kappa shape index (κ1) is 26.3. The maximum absolute atomic E-state index is 13.0. The van der Waals surface area contributed by atoms with Gasteiger partial charge in [-0.3, -0.25) is 9.36 Å². The van der Waals surface area contributed by atoms with Crippen LogP contribution in [-0.4, -0.2) is 56.2 Å². The monoisotopic (exact) mass is 440 g/mol. The first-order valence-electron chi connectivity index (χ1n) is 9.55. The molecule has 5 nitrogen and oxygen atoms in total. The van der Waals surface area contributed by atoms with E-state index in [2.05, 4.69) is 58.9 Å². The Labute approximate surface area is 164 Å². The van der Waals surface area contributed by atoms with Crippen LogP contribution in [0.15, 0.2) is 0 Å². The Hall–Kier alpha value is 0.271. The molecule has 9 heteroatoms. The van der Waals surface area contributed by atoms with E-state index in [1.54, 1.807) is 0 Å². The van der Waals surface area contributed by atoms with Crippen molar-refractivity contribution >= 4 is 37.8 Å². The van der Waals surface area contributed by atoms with Gasteiger partial charge in [0.25, 0.3) is 0 Å². The van der Waals surface area contributed by atoms with Crippen molar-refractivity contribution in [1.82, 2.24) is 0 Å². The second kappa shape index (κ2) is 10.7. The fraction of sp³-hybridized carbons (Fsp3) is 0.941. The molecule has 0 heterocycles. The summed E-state index contributed by atoms with van der Waals surface area (Å²) in [7, 11) is -7.33. The first-order valence-corrected chi connectivity index (χ1v) is 22.4. The predicted octanol–water partition coefficient (Wildman–Crippen LogP) is 5.77. The highest BCUT2D eigenvalue weighted by Crippen LogP contribution is 2.49. The van der Waals surface area contributed by atoms with Crippen molar-refractivity contribution in [1.29, 1.82) is 0 Å². The number of rotatable bonds is 13. The number of esters is 1. The largest absolute Gasteiger partial charge is 0.466 e. The number of hydrogen-bond acceptors (Lipinski definition) is 5. The van der Waals surface area contributed by atoms with Crippen LogP contribution >= 0.6 is 7.60 Å². The maximum atomic E-state index is 13.0. The van der Waals surface area contributed by atoms with Gasteiger partial charge in [0, 0.05) is 24.2 Å². The Morgan fingerprint density at radius 2 is 1.04 bits per heavy atom. The lowest BCUT2D eigenvalue weighted by Gasteiger charge is -2.23. The number of carbonyl (C=O) groups excluding carboxylic acids is 1. The summed E-state index contributed by atoms with van der Waals surface area (Å²) in [5, 5.41) is 0. The molecule has 0 N–H and O–H groups in total. The summed E-state index contributed by atoms with van der Waals surface area (Å²) < 4.78 is 29.6. The molecule has 0 aliphatic carbocycles. The smallest absolute Gasteiger partial charge is 0.341 e. The lowest BCUT2D eigenvalue weighted by Crippen LogP contribution is -2.25. The van der Waals surface area contributed by atoms with Crippen LogP contribution in [0.1, 0.15) is 0 Å². The number of hydrogen-bond donors (Lipinski definition) is 0. The lowest BCUT2D eigenvalue weighted by molar-refractivity contribution is -0.140. The summed E-state index contributed by atoms with van der Waals surface area (Å²) in [6.07, 6.45) is -0.282. The number of ether oxygens (including phenoxy) is 1. The van der Waals surface area contributed by atoms with Gasteiger partial charge in [0.05, 0.1) is 19.8 Å². The molecule has 0 saturated carbocycles. The van der Waals surface area contributed by atoms with Crippen LogP contribution in [0.2, 0.25) is 77.1 Å². The highest BCUT2D eigenvalue weighted by molar-refractivity contribution is 7.54. The zero-order chi connectivity index (χ0) is 20.6. The van der Waals surface area contributed by atoms with Crippen molar-refractivity contribution in [3.05, 3.63) is 0 Å². The van der Waals surface area contributed by atoms with Crippen molar-refractivity contribution in [2.75, 3.05) is 26.0 Å². The molecule has 0 aromatic carbocycles. The van der Waals surface area contributed by atoms with Crippen LogP contribution in [-0.2, 0) is 23.1 Å². The predicted molar refractivity (Wildman–Crippen MR) is 120 cm³/mol. The van der Waals surface area contributed by atoms with Crippen molar-refractivity contribution in [2.24, 2.45) is 0 Å². The van der Waals surface area contributed by atoms with E-state index in [4.69, 9.17) is 13.8 Å². The normalized spacial score (nSPS) is 13.7. The van der Waals surface area contributed by atoms with Gasteiger partial charge in [-0.1, -0.05) is 58.9 Å². The van der Waals surface area contributed by atoms with E-state index in [9.17, 15) is 9.36 Å². The minimum atomic E-state index is -3.45. The summed E-state index contributed by atoms with van der Waals surface area (Å²) in [5.41, 5.74) is 0. The van der Waals surface area contributed by atoms with Crippen LogP contribution in [0.3, 0.4) is 0 Å². The molecule has 0 aromatic rings. The van der Waals surface area contributed by atoms with Gasteiger partial charge in [-0.2, -0.15) is 0 Å². The van der Waals surface area contributed by atoms with E-state index in [1.807, 2.05) is 0 Å². The van der Waals surface area contributed by atoms with Crippen LogP contribution in [0.25, 0.3) is 0 Å². The van der Waals surface area contributed by atoms with Gasteiger partial charge in [0.15, 0.2) is 0 Å². The summed E-state index contributed by atoms with van der Waals surface area (Å²) >= 11 is 0. The minimum Gasteiger partial charge on any atom is -0.466 e. The molecular weight excluding hydrogens is 399 g/mol. The molecule has 0 spiro atoms. The summed E-state index contributed by atoms with van der Waals surface area (Å²) in [4.78, 5) is 12.1. The van der Waals surface area contributed by atoms with E-state index in [0.717, 1.165) is 18.1 Å². The average Bonchev–Trinajstić information content (AvgIpc) is 2.33. The summed E-state index contributed by atoms with van der Waals surface area (Å²) in [6, 6.07) is 2.67. The molecule has 0 fully saturated rings. The van der Waals surface area contributed by atoms with Crippen LogP contribution in [0.5, 0.6) is 0 Å². The molecule has 0 radical (unpaired) electrons. The van der Waals surface area contributed by atoms with Crippen LogP contribution in [0.4, 0.5) is 0 Å². The molecule has 156 valence electrons. The highest BCUT2D eigenvalue weighted by Gasteiger charge is 2.31. The van der Waals surface area contributed by atoms with E-state index < -0.39 is 37.8 Å². The van der Waals surface area contributed by atoms with Gasteiger partial charge < -0.3 is 13.8 Å². The second-order valence-corrected chi connectivity index (χ2v) is 29.5. The fourth-order valence-electron chi connectivity index (χ4n) is 1.79. The van der Waals surface area contributed by atoms with E-state index >= 15 is 0 Å². The molecule has 0 amide bonds. The average molecular weight is 441 g/mol. The van der Waals surface area contributed by atoms with Gasteiger partial charge >= 0.3 is 13.6 Å². The molecule has 0 saturated heterocycles. The molecule has 0 unspecified atom stereocenters. The van der Waals surface area contributed by atoms with Crippen molar-refractivity contribution in [3.8, 4) is 0 Å². The van der Waals surface area contributed by atoms with Gasteiger partial charge in [0.1, 0.15) is 6.16 Å². The molecule has 0 aromatic heterocycles. The van der Waals surface area contributed by atoms with E-state index in [0.29, 0.717) is 19.8 Å². The lowest BCUT2D eigenvalue weighted by atomic mass is 10.7. The Morgan fingerprint density at radius 1 is 0.692 bits per heavy atom. The van der Waals surface area contributed by atoms with Gasteiger partial charge in [-0.25, -0.2) is 0 Å². The Balaban J connectivity index is 4.69. The molecule has 0 aliphatic rings. The Morgan fingerprint density at radius 3 is 1.38 bits per heavy atom. The third kappa shape index (κ3) is 16.4. The first-order chi connectivity index (χ1) is 11.5. The van der Waals surface area contributed by atoms with Crippen LogP contribution in [0, 0.1) is 0 Å². The molecule has 0 rings (SSSR count). The molecular formula is C17H41O5PSi3. The SMILES string of the molecule is C[Si](C)(C)CCOC(=O)CP(=O)(OCC[Si](C)(C)C)OCC[Si](C)(C)C. The molecule has 0 bridgehead atoms. The Kier molecular flexibility index (Phi) is 10.8. The minimum absolute atomic E-state index is 0.282. The molecule has 0 atom stereocenters. The van der Waals surface area contributed by atoms with Crippen molar-refractivity contribution < 1.29 is 23.1 Å². The summed E-state index contributed by atoms with van der Waals surface area (Å²) in [6.45, 7) is 21.2. The standard InChI is InChI=1S/C17H41O5PSi3/c1-24(2,3)13-10-20-17(18)16-23(19,21-11-14-25(4,5)6)22-12-15-26(7,8)9/h10-16H2,1-9H3. The van der Waals surface area contributed by atoms with Gasteiger partial charge in [0.2, 0.25) is 0 Å². The highest BCUT2D eigenvalue weighted by atomic mass is 31.2. The zero-order valence-electron chi connectivity index (χ0n) is 18.4. The van der Waals surface area contributed by atoms with Gasteiger partial charge in [-0.15, -0.1) is 0 Å². The summed E-state index contributed by atoms with van der Waals surface area (Å²) in [5.74, 6) is -0.479. The third-order valence-corrected chi connectivity index (χ3v) is 10.6. The van der Waals surface area contributed by atoms with Crippen LogP contribution < -0.4 is 0 Å². The Bertz CT molecular complexity index is 454. The molecule has 26 heavy (non-hydrogen) atoms. The third-order valence-electron chi connectivity index (χ3n) is 3.72.